The summed E-state index contributed by atoms with van der Waals surface area (Å²) in [5, 5.41) is 0. The highest BCUT2D eigenvalue weighted by Gasteiger charge is 2.19. The van der Waals surface area contributed by atoms with E-state index in [1.807, 2.05) is 0 Å². The lowest BCUT2D eigenvalue weighted by Crippen LogP contribution is -2.17. The highest BCUT2D eigenvalue weighted by molar-refractivity contribution is 5.27. The summed E-state index contributed by atoms with van der Waals surface area (Å²) in [5.74, 6) is 1.67. The van der Waals surface area contributed by atoms with Crippen LogP contribution in [0.25, 0.3) is 0 Å². The van der Waals surface area contributed by atoms with Gasteiger partial charge in [0, 0.05) is 12.5 Å². The van der Waals surface area contributed by atoms with Gasteiger partial charge in [-0.05, 0) is 57.1 Å². The maximum absolute atomic E-state index is 5.85. The molecule has 18 heavy (non-hydrogen) atoms. The Kier molecular flexibility index (Phi) is 5.02. The zero-order chi connectivity index (χ0) is 12.8. The van der Waals surface area contributed by atoms with Crippen LogP contribution in [0, 0.1) is 5.92 Å². The smallest absolute Gasteiger partial charge is 0.119 e. The van der Waals surface area contributed by atoms with Crippen LogP contribution in [0.2, 0.25) is 0 Å². The zero-order valence-corrected chi connectivity index (χ0v) is 11.3. The van der Waals surface area contributed by atoms with Gasteiger partial charge >= 0.3 is 0 Å². The third-order valence-electron chi connectivity index (χ3n) is 3.57. The van der Waals surface area contributed by atoms with Crippen LogP contribution in [-0.4, -0.2) is 38.2 Å². The Labute approximate surface area is 110 Å². The van der Waals surface area contributed by atoms with E-state index >= 15 is 0 Å². The summed E-state index contributed by atoms with van der Waals surface area (Å²) in [5.41, 5.74) is 6.85. The summed E-state index contributed by atoms with van der Waals surface area (Å²) in [4.78, 5) is 2.37. The van der Waals surface area contributed by atoms with Crippen molar-refractivity contribution < 1.29 is 4.74 Å². The van der Waals surface area contributed by atoms with Gasteiger partial charge in [0.05, 0.1) is 6.61 Å². The van der Waals surface area contributed by atoms with Crippen LogP contribution >= 0.6 is 0 Å². The minimum atomic E-state index is 0.687. The van der Waals surface area contributed by atoms with Gasteiger partial charge in [0.1, 0.15) is 5.75 Å². The Morgan fingerprint density at radius 3 is 2.72 bits per heavy atom. The van der Waals surface area contributed by atoms with Crippen LogP contribution in [0.3, 0.4) is 0 Å². The van der Waals surface area contributed by atoms with Crippen LogP contribution in [-0.2, 0) is 6.42 Å². The van der Waals surface area contributed by atoms with Gasteiger partial charge in [0.25, 0.3) is 0 Å². The first-order chi connectivity index (χ1) is 8.78. The molecular formula is C15H24N2O. The van der Waals surface area contributed by atoms with Crippen molar-refractivity contribution in [1.29, 1.82) is 0 Å². The van der Waals surface area contributed by atoms with Gasteiger partial charge in [-0.1, -0.05) is 12.1 Å². The Balaban J connectivity index is 1.76. The molecule has 1 unspecified atom stereocenters. The minimum Gasteiger partial charge on any atom is -0.493 e. The van der Waals surface area contributed by atoms with E-state index in [2.05, 4.69) is 36.2 Å². The second kappa shape index (κ2) is 6.76. The number of nitrogens with zero attached hydrogens (tertiary/aromatic N) is 1. The summed E-state index contributed by atoms with van der Waals surface area (Å²) in [6.45, 7) is 3.96. The molecule has 1 aromatic carbocycles. The number of aryl methyl sites for hydroxylation is 1. The number of nitrogens with two attached hydrogens (primary N) is 1. The van der Waals surface area contributed by atoms with Crippen LogP contribution in [0.4, 0.5) is 0 Å². The van der Waals surface area contributed by atoms with Gasteiger partial charge in [-0.2, -0.15) is 0 Å². The predicted octanol–water partition coefficient (Wildman–Crippen LogP) is 1.91. The van der Waals surface area contributed by atoms with Crippen molar-refractivity contribution in [2.45, 2.75) is 19.3 Å². The monoisotopic (exact) mass is 248 g/mol. The standard InChI is InChI=1S/C15H24N2O/c1-17-10-8-14(11-17)12-18-15-6-4-13(5-7-15)3-2-9-16/h4-7,14H,2-3,8-12,16H2,1H3. The molecule has 1 aromatic rings. The van der Waals surface area contributed by atoms with E-state index in [4.69, 9.17) is 10.5 Å². The van der Waals surface area contributed by atoms with Gasteiger partial charge in [-0.3, -0.25) is 0 Å². The van der Waals surface area contributed by atoms with Gasteiger partial charge in [0.15, 0.2) is 0 Å². The molecule has 0 saturated carbocycles. The molecule has 0 radical (unpaired) electrons. The molecular weight excluding hydrogens is 224 g/mol. The number of rotatable bonds is 6. The molecule has 1 atom stereocenters. The maximum Gasteiger partial charge on any atom is 0.119 e. The molecule has 0 spiro atoms. The lowest BCUT2D eigenvalue weighted by molar-refractivity contribution is 0.249. The van der Waals surface area contributed by atoms with Crippen LogP contribution in [0.5, 0.6) is 5.75 Å². The van der Waals surface area contributed by atoms with Crippen molar-refractivity contribution in [3.63, 3.8) is 0 Å². The van der Waals surface area contributed by atoms with E-state index in [1.165, 1.54) is 18.5 Å². The third kappa shape index (κ3) is 4.00. The van der Waals surface area contributed by atoms with Crippen LogP contribution in [0.15, 0.2) is 24.3 Å². The van der Waals surface area contributed by atoms with E-state index in [0.29, 0.717) is 5.92 Å². The topological polar surface area (TPSA) is 38.5 Å². The fourth-order valence-corrected chi connectivity index (χ4v) is 2.43. The van der Waals surface area contributed by atoms with Crippen molar-refractivity contribution >= 4 is 0 Å². The molecule has 1 aliphatic heterocycles. The largest absolute Gasteiger partial charge is 0.493 e. The van der Waals surface area contributed by atoms with E-state index in [-0.39, 0.29) is 0 Å². The van der Waals surface area contributed by atoms with Gasteiger partial charge < -0.3 is 15.4 Å². The summed E-state index contributed by atoms with van der Waals surface area (Å²) < 4.78 is 5.85. The molecule has 0 aromatic heterocycles. The number of likely N-dealkylation sites (tertiary alicyclic amines) is 1. The van der Waals surface area contributed by atoms with Crippen LogP contribution < -0.4 is 10.5 Å². The second-order valence-electron chi connectivity index (χ2n) is 5.26. The summed E-state index contributed by atoms with van der Waals surface area (Å²) in [6.07, 6.45) is 3.36. The lowest BCUT2D eigenvalue weighted by Gasteiger charge is -2.12. The quantitative estimate of drug-likeness (QED) is 0.836. The first kappa shape index (κ1) is 13.4. The molecule has 0 amide bonds. The zero-order valence-electron chi connectivity index (χ0n) is 11.3. The Hall–Kier alpha value is -1.06. The molecule has 3 nitrogen and oxygen atoms in total. The minimum absolute atomic E-state index is 0.687. The van der Waals surface area contributed by atoms with Gasteiger partial charge in [-0.15, -0.1) is 0 Å². The van der Waals surface area contributed by atoms with Gasteiger partial charge in [-0.25, -0.2) is 0 Å². The summed E-state index contributed by atoms with van der Waals surface area (Å²) in [7, 11) is 2.17. The van der Waals surface area contributed by atoms with Crippen molar-refractivity contribution in [1.82, 2.24) is 4.90 Å². The highest BCUT2D eigenvalue weighted by Crippen LogP contribution is 2.18. The molecule has 1 saturated heterocycles. The average Bonchev–Trinajstić information content (AvgIpc) is 2.81. The lowest BCUT2D eigenvalue weighted by atomic mass is 10.1. The van der Waals surface area contributed by atoms with Crippen molar-refractivity contribution in [2.24, 2.45) is 11.7 Å². The van der Waals surface area contributed by atoms with Crippen molar-refractivity contribution in [3.8, 4) is 5.75 Å². The number of benzene rings is 1. The molecule has 0 bridgehead atoms. The highest BCUT2D eigenvalue weighted by atomic mass is 16.5. The first-order valence-corrected chi connectivity index (χ1v) is 6.88. The normalized spacial score (nSPS) is 20.2. The number of ether oxygens (including phenoxy) is 1. The number of hydrogen-bond acceptors (Lipinski definition) is 3. The Bertz CT molecular complexity index is 350. The van der Waals surface area contributed by atoms with Crippen LogP contribution in [0.1, 0.15) is 18.4 Å². The average molecular weight is 248 g/mol. The fourth-order valence-electron chi connectivity index (χ4n) is 2.43. The SMILES string of the molecule is CN1CCC(COc2ccc(CCCN)cc2)C1. The van der Waals surface area contributed by atoms with Crippen molar-refractivity contribution in [2.75, 3.05) is 33.3 Å². The third-order valence-corrected chi connectivity index (χ3v) is 3.57. The summed E-state index contributed by atoms with van der Waals surface area (Å²) in [6, 6.07) is 8.44. The Morgan fingerprint density at radius 2 is 2.11 bits per heavy atom. The van der Waals surface area contributed by atoms with E-state index in [0.717, 1.165) is 38.3 Å². The first-order valence-electron chi connectivity index (χ1n) is 6.88. The van der Waals surface area contributed by atoms with E-state index in [9.17, 15) is 0 Å². The van der Waals surface area contributed by atoms with E-state index < -0.39 is 0 Å². The number of hydrogen-bond donors (Lipinski definition) is 1. The molecule has 3 heteroatoms. The summed E-state index contributed by atoms with van der Waals surface area (Å²) >= 11 is 0. The molecule has 2 rings (SSSR count). The second-order valence-corrected chi connectivity index (χ2v) is 5.26. The van der Waals surface area contributed by atoms with Crippen molar-refractivity contribution in [3.05, 3.63) is 29.8 Å². The molecule has 0 aliphatic carbocycles. The fraction of sp³-hybridized carbons (Fsp3) is 0.600. The van der Waals surface area contributed by atoms with E-state index in [1.54, 1.807) is 0 Å². The molecule has 1 heterocycles. The molecule has 1 aliphatic rings. The molecule has 2 N–H and O–H groups in total. The molecule has 1 fully saturated rings. The Morgan fingerprint density at radius 1 is 1.33 bits per heavy atom. The van der Waals surface area contributed by atoms with Gasteiger partial charge in [0.2, 0.25) is 0 Å². The molecule has 100 valence electrons. The predicted molar refractivity (Wildman–Crippen MR) is 74.9 cm³/mol. The maximum atomic E-state index is 5.85.